The van der Waals surface area contributed by atoms with E-state index in [0.717, 1.165) is 12.8 Å². The van der Waals surface area contributed by atoms with Gasteiger partial charge in [0.1, 0.15) is 12.1 Å². The molecule has 0 aromatic heterocycles. The first-order valence-electron chi connectivity index (χ1n) is 6.27. The summed E-state index contributed by atoms with van der Waals surface area (Å²) in [7, 11) is 0. The van der Waals surface area contributed by atoms with Crippen LogP contribution >= 0.6 is 0 Å². The quantitative estimate of drug-likeness (QED) is 0.419. The summed E-state index contributed by atoms with van der Waals surface area (Å²) in [5, 5.41) is 12.1. The summed E-state index contributed by atoms with van der Waals surface area (Å²) in [5.41, 5.74) is 5.21. The maximum atomic E-state index is 11.6. The Kier molecular flexibility index (Phi) is 8.03. The fourth-order valence-electron chi connectivity index (χ4n) is 1.57. The van der Waals surface area contributed by atoms with Crippen LogP contribution in [-0.2, 0) is 9.59 Å². The van der Waals surface area contributed by atoms with Gasteiger partial charge in [-0.2, -0.15) is 0 Å². The van der Waals surface area contributed by atoms with Crippen LogP contribution in [0.3, 0.4) is 0 Å². The van der Waals surface area contributed by atoms with Crippen molar-refractivity contribution in [3.63, 3.8) is 0 Å². The van der Waals surface area contributed by atoms with E-state index in [1.165, 1.54) is 0 Å². The van der Waals surface area contributed by atoms with Gasteiger partial charge in [0.2, 0.25) is 11.8 Å². The summed E-state index contributed by atoms with van der Waals surface area (Å²) in [4.78, 5) is 22.8. The van der Waals surface area contributed by atoms with Crippen molar-refractivity contribution in [2.75, 3.05) is 0 Å². The predicted octanol–water partition coefficient (Wildman–Crippen LogP) is 0.720. The molecule has 0 saturated carbocycles. The van der Waals surface area contributed by atoms with Crippen molar-refractivity contribution in [1.82, 2.24) is 5.32 Å². The lowest BCUT2D eigenvalue weighted by molar-refractivity contribution is -0.133. The topological polar surface area (TPSA) is 92.4 Å². The number of hydrogen-bond acceptors (Lipinski definition) is 3. The van der Waals surface area contributed by atoms with Crippen molar-refractivity contribution in [2.45, 2.75) is 51.7 Å². The number of aliphatic hydroxyl groups excluding tert-OH is 1. The van der Waals surface area contributed by atoms with E-state index in [2.05, 4.69) is 11.9 Å². The number of allylic oxidation sites excluding steroid dienone is 1. The van der Waals surface area contributed by atoms with Crippen LogP contribution in [0.1, 0.15) is 39.5 Å². The van der Waals surface area contributed by atoms with Crippen molar-refractivity contribution in [3.8, 4) is 0 Å². The molecule has 0 radical (unpaired) electrons. The Balaban J connectivity index is 4.26. The predicted molar refractivity (Wildman–Crippen MR) is 70.6 cm³/mol. The van der Waals surface area contributed by atoms with Crippen molar-refractivity contribution in [2.24, 2.45) is 11.7 Å². The van der Waals surface area contributed by atoms with Crippen LogP contribution in [0.5, 0.6) is 0 Å². The highest BCUT2D eigenvalue weighted by molar-refractivity contribution is 5.88. The lowest BCUT2D eigenvalue weighted by Crippen LogP contribution is -2.48. The summed E-state index contributed by atoms with van der Waals surface area (Å²) in [6.45, 7) is 7.40. The van der Waals surface area contributed by atoms with Gasteiger partial charge in [-0.15, -0.1) is 6.58 Å². The highest BCUT2D eigenvalue weighted by atomic mass is 16.3. The molecule has 0 aliphatic carbocycles. The third-order valence-electron chi connectivity index (χ3n) is 2.56. The fourth-order valence-corrected chi connectivity index (χ4v) is 1.57. The number of rotatable bonds is 9. The van der Waals surface area contributed by atoms with Gasteiger partial charge in [-0.05, 0) is 31.6 Å². The van der Waals surface area contributed by atoms with E-state index in [9.17, 15) is 14.7 Å². The van der Waals surface area contributed by atoms with Gasteiger partial charge in [-0.1, -0.05) is 19.9 Å². The average molecular weight is 256 g/mol. The van der Waals surface area contributed by atoms with Crippen LogP contribution in [0.25, 0.3) is 0 Å². The van der Waals surface area contributed by atoms with Crippen LogP contribution in [0.4, 0.5) is 0 Å². The standard InChI is InChI=1S/C13H24N2O3/c1-4-5-6-7-10(12(14)17)15-13(18)11(16)8-9(2)3/h4,9-11,16H,1,5-8H2,2-3H3,(H2,14,17)(H,15,18)/t10-,11+/m1/s1. The number of amides is 2. The zero-order valence-electron chi connectivity index (χ0n) is 11.2. The van der Waals surface area contributed by atoms with Crippen molar-refractivity contribution in [1.29, 1.82) is 0 Å². The number of hydrogen-bond donors (Lipinski definition) is 3. The highest BCUT2D eigenvalue weighted by Crippen LogP contribution is 2.06. The minimum Gasteiger partial charge on any atom is -0.383 e. The first-order valence-corrected chi connectivity index (χ1v) is 6.27. The smallest absolute Gasteiger partial charge is 0.249 e. The number of carbonyl (C=O) groups excluding carboxylic acids is 2. The molecule has 0 rings (SSSR count). The molecule has 0 heterocycles. The molecule has 0 fully saturated rings. The third-order valence-corrected chi connectivity index (χ3v) is 2.56. The van der Waals surface area contributed by atoms with Crippen LogP contribution in [-0.4, -0.2) is 29.1 Å². The summed E-state index contributed by atoms with van der Waals surface area (Å²) in [6.07, 6.45) is 2.96. The Morgan fingerprint density at radius 1 is 1.44 bits per heavy atom. The molecule has 0 aliphatic heterocycles. The van der Waals surface area contributed by atoms with Crippen LogP contribution in [0.15, 0.2) is 12.7 Å². The molecule has 0 spiro atoms. The van der Waals surface area contributed by atoms with Gasteiger partial charge in [0.25, 0.3) is 0 Å². The maximum absolute atomic E-state index is 11.6. The van der Waals surface area contributed by atoms with E-state index in [1.54, 1.807) is 6.08 Å². The molecule has 4 N–H and O–H groups in total. The third kappa shape index (κ3) is 7.06. The van der Waals surface area contributed by atoms with Crippen molar-refractivity contribution in [3.05, 3.63) is 12.7 Å². The first-order chi connectivity index (χ1) is 8.38. The molecule has 5 nitrogen and oxygen atoms in total. The second-order valence-corrected chi connectivity index (χ2v) is 4.83. The van der Waals surface area contributed by atoms with Crippen molar-refractivity contribution >= 4 is 11.8 Å². The minimum atomic E-state index is -1.09. The van der Waals surface area contributed by atoms with Crippen molar-refractivity contribution < 1.29 is 14.7 Å². The molecule has 0 bridgehead atoms. The number of nitrogens with two attached hydrogens (primary N) is 1. The number of carbonyl (C=O) groups is 2. The van der Waals surface area contributed by atoms with Gasteiger partial charge >= 0.3 is 0 Å². The zero-order valence-corrected chi connectivity index (χ0v) is 11.2. The molecule has 0 aromatic carbocycles. The zero-order chi connectivity index (χ0) is 14.1. The van der Waals surface area contributed by atoms with E-state index < -0.39 is 24.0 Å². The number of unbranched alkanes of at least 4 members (excludes halogenated alkanes) is 1. The SMILES string of the molecule is C=CCCC[C@@H](NC(=O)[C@@H](O)CC(C)C)C(N)=O. The van der Waals surface area contributed by atoms with Crippen LogP contribution in [0, 0.1) is 5.92 Å². The Labute approximate surface area is 108 Å². The number of aliphatic hydroxyl groups is 1. The van der Waals surface area contributed by atoms with E-state index in [1.807, 2.05) is 13.8 Å². The molecular weight excluding hydrogens is 232 g/mol. The molecule has 2 amide bonds. The Morgan fingerprint density at radius 2 is 2.06 bits per heavy atom. The van der Waals surface area contributed by atoms with Crippen LogP contribution in [0.2, 0.25) is 0 Å². The summed E-state index contributed by atoms with van der Waals surface area (Å²) in [5.74, 6) is -0.909. The summed E-state index contributed by atoms with van der Waals surface area (Å²) in [6, 6.07) is -0.723. The molecule has 18 heavy (non-hydrogen) atoms. The molecule has 0 saturated heterocycles. The lowest BCUT2D eigenvalue weighted by atomic mass is 10.0. The van der Waals surface area contributed by atoms with Gasteiger partial charge in [-0.3, -0.25) is 9.59 Å². The Morgan fingerprint density at radius 3 is 2.50 bits per heavy atom. The Bertz CT molecular complexity index is 290. The second-order valence-electron chi connectivity index (χ2n) is 4.83. The average Bonchev–Trinajstić information content (AvgIpc) is 2.26. The molecular formula is C13H24N2O3. The molecule has 0 aromatic rings. The molecule has 0 unspecified atom stereocenters. The summed E-state index contributed by atoms with van der Waals surface area (Å²) >= 11 is 0. The van der Waals surface area contributed by atoms with E-state index >= 15 is 0 Å². The van der Waals surface area contributed by atoms with Gasteiger partial charge in [0.05, 0.1) is 0 Å². The fraction of sp³-hybridized carbons (Fsp3) is 0.692. The van der Waals surface area contributed by atoms with E-state index in [4.69, 9.17) is 5.73 Å². The van der Waals surface area contributed by atoms with Crippen LogP contribution < -0.4 is 11.1 Å². The normalized spacial score (nSPS) is 14.0. The molecule has 104 valence electrons. The minimum absolute atomic E-state index is 0.207. The number of nitrogens with one attached hydrogen (secondary N) is 1. The molecule has 5 heteroatoms. The van der Waals surface area contributed by atoms with E-state index in [0.29, 0.717) is 12.8 Å². The second kappa shape index (κ2) is 8.69. The summed E-state index contributed by atoms with van der Waals surface area (Å²) < 4.78 is 0. The Hall–Kier alpha value is -1.36. The lowest BCUT2D eigenvalue weighted by Gasteiger charge is -2.18. The van der Waals surface area contributed by atoms with E-state index in [-0.39, 0.29) is 5.92 Å². The van der Waals surface area contributed by atoms with Gasteiger partial charge in [0.15, 0.2) is 0 Å². The van der Waals surface area contributed by atoms with Gasteiger partial charge in [-0.25, -0.2) is 0 Å². The van der Waals surface area contributed by atoms with Gasteiger partial charge in [0, 0.05) is 0 Å². The number of primary amides is 1. The largest absolute Gasteiger partial charge is 0.383 e. The molecule has 2 atom stereocenters. The maximum Gasteiger partial charge on any atom is 0.249 e. The first kappa shape index (κ1) is 16.6. The monoisotopic (exact) mass is 256 g/mol. The highest BCUT2D eigenvalue weighted by Gasteiger charge is 2.22. The molecule has 0 aliphatic rings. The van der Waals surface area contributed by atoms with Gasteiger partial charge < -0.3 is 16.2 Å².